The highest BCUT2D eigenvalue weighted by Crippen LogP contribution is 2.12. The topological polar surface area (TPSA) is 44.0 Å². The highest BCUT2D eigenvalue weighted by molar-refractivity contribution is 5.63. The summed E-state index contributed by atoms with van der Waals surface area (Å²) in [6.07, 6.45) is 15.6. The van der Waals surface area contributed by atoms with Crippen molar-refractivity contribution in [2.75, 3.05) is 0 Å². The predicted octanol–water partition coefficient (Wildman–Crippen LogP) is 3.09. The first-order valence-electron chi connectivity index (χ1n) is 8.83. The molecule has 1 aromatic heterocycles. The molecule has 0 aliphatic rings. The highest BCUT2D eigenvalue weighted by Gasteiger charge is 2.03. The minimum atomic E-state index is -0.913. The number of carbonyl (C=O) groups excluding carboxylic acids is 1. The van der Waals surface area contributed by atoms with E-state index in [1.54, 1.807) is 0 Å². The van der Waals surface area contributed by atoms with Crippen LogP contribution in [0.3, 0.4) is 0 Å². The predicted molar refractivity (Wildman–Crippen MR) is 87.1 cm³/mol. The smallest absolute Gasteiger partial charge is 0.181 e. The Morgan fingerprint density at radius 2 is 1.45 bits per heavy atom. The molecule has 3 heteroatoms. The first-order chi connectivity index (χ1) is 10.7. The van der Waals surface area contributed by atoms with E-state index in [0.717, 1.165) is 19.3 Å². The molecule has 0 aliphatic heterocycles. The minimum absolute atomic E-state index is 0.221. The number of rotatable bonds is 13. The number of aryl methyl sites for hydroxylation is 2. The molecule has 3 nitrogen and oxygen atoms in total. The van der Waals surface area contributed by atoms with E-state index in [9.17, 15) is 9.90 Å². The highest BCUT2D eigenvalue weighted by atomic mass is 16.4. The number of nitrogens with zero attached hydrogens (tertiary/aromatic N) is 1. The Morgan fingerprint density at radius 1 is 0.909 bits per heavy atom. The maximum Gasteiger partial charge on any atom is 0.181 e. The van der Waals surface area contributed by atoms with Crippen LogP contribution in [0, 0.1) is 0 Å². The molecule has 0 saturated heterocycles. The van der Waals surface area contributed by atoms with E-state index in [1.807, 2.05) is 0 Å². The van der Waals surface area contributed by atoms with Crippen molar-refractivity contribution in [1.82, 2.24) is 0 Å². The second kappa shape index (κ2) is 12.2. The Balaban J connectivity index is 1.84. The van der Waals surface area contributed by atoms with E-state index >= 15 is 0 Å². The molecule has 0 radical (unpaired) electrons. The summed E-state index contributed by atoms with van der Waals surface area (Å²) in [5.41, 5.74) is 1.42. The molecule has 0 N–H and O–H groups in total. The molecule has 0 fully saturated rings. The van der Waals surface area contributed by atoms with Gasteiger partial charge in [0, 0.05) is 24.5 Å². The summed E-state index contributed by atoms with van der Waals surface area (Å²) in [5, 5.41) is 10.3. The molecule has 0 saturated carbocycles. The third-order valence-electron chi connectivity index (χ3n) is 4.23. The van der Waals surface area contributed by atoms with Crippen LogP contribution in [0.4, 0.5) is 0 Å². The summed E-state index contributed by atoms with van der Waals surface area (Å²) in [7, 11) is 2.11. The van der Waals surface area contributed by atoms with Gasteiger partial charge in [-0.15, -0.1) is 0 Å². The molecule has 1 rings (SSSR count). The molecular weight excluding hydrogens is 274 g/mol. The zero-order chi connectivity index (χ0) is 16.0. The number of hydrogen-bond donors (Lipinski definition) is 0. The Labute approximate surface area is 135 Å². The van der Waals surface area contributed by atoms with E-state index in [0.29, 0.717) is 0 Å². The minimum Gasteiger partial charge on any atom is -0.550 e. The summed E-state index contributed by atoms with van der Waals surface area (Å²) < 4.78 is 2.21. The van der Waals surface area contributed by atoms with Crippen LogP contribution in [0.15, 0.2) is 24.4 Å². The third-order valence-corrected chi connectivity index (χ3v) is 4.23. The summed E-state index contributed by atoms with van der Waals surface area (Å²) in [5.74, 6) is -0.913. The number of carboxylic acid groups (broad SMARTS) is 1. The van der Waals surface area contributed by atoms with Gasteiger partial charge < -0.3 is 9.90 Å². The van der Waals surface area contributed by atoms with Crippen LogP contribution in [0.5, 0.6) is 0 Å². The van der Waals surface area contributed by atoms with Gasteiger partial charge in [-0.2, -0.15) is 0 Å². The first kappa shape index (κ1) is 18.7. The lowest BCUT2D eigenvalue weighted by atomic mass is 10.0. The molecule has 0 aliphatic carbocycles. The lowest BCUT2D eigenvalue weighted by Crippen LogP contribution is -2.32. The van der Waals surface area contributed by atoms with Crippen LogP contribution in [-0.4, -0.2) is 5.97 Å². The van der Waals surface area contributed by atoms with Crippen LogP contribution >= 0.6 is 0 Å². The standard InChI is InChI=1S/C19H31NO2/c1-20-17-13-12-15-18(20)14-10-8-6-4-2-3-5-7-9-11-16-19(21)22/h12-13,15,17H,2-11,14,16H2,1H3. The zero-order valence-corrected chi connectivity index (χ0v) is 14.1. The summed E-state index contributed by atoms with van der Waals surface area (Å²) in [6.45, 7) is 0. The fraction of sp³-hybridized carbons (Fsp3) is 0.684. The third kappa shape index (κ3) is 9.54. The van der Waals surface area contributed by atoms with Crippen molar-refractivity contribution in [2.45, 2.75) is 77.0 Å². The summed E-state index contributed by atoms with van der Waals surface area (Å²) in [4.78, 5) is 10.3. The number of carbonyl (C=O) groups is 1. The Morgan fingerprint density at radius 3 is 2.00 bits per heavy atom. The summed E-state index contributed by atoms with van der Waals surface area (Å²) >= 11 is 0. The van der Waals surface area contributed by atoms with Crippen molar-refractivity contribution in [1.29, 1.82) is 0 Å². The normalized spacial score (nSPS) is 10.8. The number of carboxylic acids is 1. The Hall–Kier alpha value is -1.38. The second-order valence-corrected chi connectivity index (χ2v) is 6.21. The molecule has 1 aromatic rings. The van der Waals surface area contributed by atoms with E-state index < -0.39 is 5.97 Å². The maximum absolute atomic E-state index is 10.3. The second-order valence-electron chi connectivity index (χ2n) is 6.21. The first-order valence-corrected chi connectivity index (χ1v) is 8.83. The van der Waals surface area contributed by atoms with Crippen molar-refractivity contribution >= 4 is 5.97 Å². The lowest BCUT2D eigenvalue weighted by molar-refractivity contribution is -0.679. The van der Waals surface area contributed by atoms with E-state index in [1.165, 1.54) is 57.1 Å². The lowest BCUT2D eigenvalue weighted by Gasteiger charge is -2.03. The van der Waals surface area contributed by atoms with E-state index in [4.69, 9.17) is 0 Å². The largest absolute Gasteiger partial charge is 0.550 e. The molecule has 0 atom stereocenters. The van der Waals surface area contributed by atoms with E-state index in [2.05, 4.69) is 36.0 Å². The average molecular weight is 305 g/mol. The molecule has 0 spiro atoms. The zero-order valence-electron chi connectivity index (χ0n) is 14.1. The van der Waals surface area contributed by atoms with Gasteiger partial charge in [-0.3, -0.25) is 0 Å². The molecule has 124 valence electrons. The van der Waals surface area contributed by atoms with Gasteiger partial charge >= 0.3 is 0 Å². The molecule has 1 heterocycles. The average Bonchev–Trinajstić information content (AvgIpc) is 2.49. The van der Waals surface area contributed by atoms with Gasteiger partial charge in [-0.05, 0) is 19.3 Å². The molecule has 0 bridgehead atoms. The summed E-state index contributed by atoms with van der Waals surface area (Å²) in [6, 6.07) is 6.39. The molecular formula is C19H31NO2. The Bertz CT molecular complexity index is 418. The van der Waals surface area contributed by atoms with Crippen molar-refractivity contribution in [2.24, 2.45) is 7.05 Å². The molecule has 0 unspecified atom stereocenters. The van der Waals surface area contributed by atoms with Crippen LogP contribution in [0.1, 0.15) is 76.3 Å². The Kier molecular flexibility index (Phi) is 10.3. The van der Waals surface area contributed by atoms with E-state index in [-0.39, 0.29) is 6.42 Å². The number of hydrogen-bond acceptors (Lipinski definition) is 2. The molecule has 0 aromatic carbocycles. The van der Waals surface area contributed by atoms with Crippen LogP contribution in [0.25, 0.3) is 0 Å². The van der Waals surface area contributed by atoms with Gasteiger partial charge in [0.05, 0.1) is 0 Å². The van der Waals surface area contributed by atoms with Crippen molar-refractivity contribution < 1.29 is 14.5 Å². The number of aromatic nitrogens is 1. The van der Waals surface area contributed by atoms with Gasteiger partial charge in [0.1, 0.15) is 7.05 Å². The van der Waals surface area contributed by atoms with Gasteiger partial charge in [-0.25, -0.2) is 4.57 Å². The van der Waals surface area contributed by atoms with Crippen LogP contribution < -0.4 is 9.67 Å². The quantitative estimate of drug-likeness (QED) is 0.415. The van der Waals surface area contributed by atoms with Gasteiger partial charge in [-0.1, -0.05) is 57.4 Å². The van der Waals surface area contributed by atoms with Crippen molar-refractivity contribution in [3.8, 4) is 0 Å². The van der Waals surface area contributed by atoms with Gasteiger partial charge in [0.2, 0.25) is 0 Å². The SMILES string of the molecule is C[n+]1ccccc1CCCCCCCCCCCCC(=O)[O-]. The van der Waals surface area contributed by atoms with Gasteiger partial charge in [0.15, 0.2) is 11.9 Å². The van der Waals surface area contributed by atoms with Crippen molar-refractivity contribution in [3.63, 3.8) is 0 Å². The van der Waals surface area contributed by atoms with Crippen LogP contribution in [0.2, 0.25) is 0 Å². The fourth-order valence-corrected chi connectivity index (χ4v) is 2.81. The molecule has 0 amide bonds. The van der Waals surface area contributed by atoms with Crippen LogP contribution in [-0.2, 0) is 18.3 Å². The maximum atomic E-state index is 10.3. The fourth-order valence-electron chi connectivity index (χ4n) is 2.81. The van der Waals surface area contributed by atoms with Gasteiger partial charge in [0.25, 0.3) is 0 Å². The number of aliphatic carboxylic acids is 1. The van der Waals surface area contributed by atoms with Crippen molar-refractivity contribution in [3.05, 3.63) is 30.1 Å². The monoisotopic (exact) mass is 305 g/mol. The number of unbranched alkanes of at least 4 members (excludes halogenated alkanes) is 9. The molecule has 22 heavy (non-hydrogen) atoms. The number of pyridine rings is 1.